The largest absolute Gasteiger partial charge is 0.391 e. The van der Waals surface area contributed by atoms with Crippen LogP contribution in [0.5, 0.6) is 0 Å². The van der Waals surface area contributed by atoms with E-state index in [9.17, 15) is 9.90 Å². The van der Waals surface area contributed by atoms with Crippen molar-refractivity contribution in [3.05, 3.63) is 30.1 Å². The lowest BCUT2D eigenvalue weighted by molar-refractivity contribution is -0.129. The van der Waals surface area contributed by atoms with Crippen LogP contribution >= 0.6 is 0 Å². The van der Waals surface area contributed by atoms with E-state index in [-0.39, 0.29) is 18.4 Å². The number of aliphatic hydroxyl groups is 1. The first kappa shape index (κ1) is 10.1. The summed E-state index contributed by atoms with van der Waals surface area (Å²) in [5.74, 6) is 0.000605. The summed E-state index contributed by atoms with van der Waals surface area (Å²) in [5.41, 5.74) is 0.861. The number of carbonyl (C=O) groups is 1. The number of rotatable bonds is 2. The molecule has 0 aromatic carbocycles. The lowest BCUT2D eigenvalue weighted by atomic mass is 10.2. The van der Waals surface area contributed by atoms with Crippen LogP contribution < -0.4 is 0 Å². The Balaban J connectivity index is 2.15. The van der Waals surface area contributed by atoms with Gasteiger partial charge < -0.3 is 10.0 Å². The highest BCUT2D eigenvalue weighted by Gasteiger charge is 2.32. The molecule has 4 nitrogen and oxygen atoms in total. The number of β-amino-alcohol motifs (C(OH)–C–C–N with tert-alkyl or cyclic N) is 1. The molecule has 2 heterocycles. The van der Waals surface area contributed by atoms with Crippen LogP contribution in [0.2, 0.25) is 0 Å². The topological polar surface area (TPSA) is 53.4 Å². The molecule has 0 spiro atoms. The number of likely N-dealkylation sites (tertiary alicyclic amines) is 1. The zero-order chi connectivity index (χ0) is 10.8. The van der Waals surface area contributed by atoms with Gasteiger partial charge in [-0.1, -0.05) is 6.07 Å². The van der Waals surface area contributed by atoms with Crippen molar-refractivity contribution in [3.63, 3.8) is 0 Å². The summed E-state index contributed by atoms with van der Waals surface area (Å²) in [7, 11) is 0. The van der Waals surface area contributed by atoms with Gasteiger partial charge in [0.05, 0.1) is 24.3 Å². The number of carbonyl (C=O) groups excluding carboxylic acids is 1. The van der Waals surface area contributed by atoms with Crippen LogP contribution in [-0.4, -0.2) is 33.5 Å². The second-order valence-corrected chi connectivity index (χ2v) is 3.83. The van der Waals surface area contributed by atoms with E-state index in [0.29, 0.717) is 6.54 Å². The highest BCUT2D eigenvalue weighted by molar-refractivity contribution is 5.79. The van der Waals surface area contributed by atoms with Gasteiger partial charge in [0.1, 0.15) is 0 Å². The maximum Gasteiger partial charge on any atom is 0.225 e. The van der Waals surface area contributed by atoms with E-state index in [1.54, 1.807) is 11.1 Å². The molecule has 1 unspecified atom stereocenters. The fraction of sp³-hybridized carbons (Fsp3) is 0.455. The van der Waals surface area contributed by atoms with E-state index < -0.39 is 6.10 Å². The van der Waals surface area contributed by atoms with Gasteiger partial charge in [-0.25, -0.2) is 0 Å². The lowest BCUT2D eigenvalue weighted by Gasteiger charge is -2.23. The van der Waals surface area contributed by atoms with Gasteiger partial charge in [-0.05, 0) is 19.1 Å². The van der Waals surface area contributed by atoms with Crippen molar-refractivity contribution in [1.29, 1.82) is 0 Å². The Hall–Kier alpha value is -1.42. The number of aliphatic hydroxyl groups excluding tert-OH is 1. The number of aromatic nitrogens is 1. The van der Waals surface area contributed by atoms with Gasteiger partial charge in [0.25, 0.3) is 0 Å². The van der Waals surface area contributed by atoms with Gasteiger partial charge in [0.2, 0.25) is 5.91 Å². The zero-order valence-corrected chi connectivity index (χ0v) is 8.63. The first-order chi connectivity index (χ1) is 7.18. The molecule has 1 aromatic rings. The van der Waals surface area contributed by atoms with Crippen LogP contribution in [0.3, 0.4) is 0 Å². The van der Waals surface area contributed by atoms with Crippen LogP contribution in [-0.2, 0) is 4.79 Å². The molecular weight excluding hydrogens is 192 g/mol. The molecule has 1 saturated heterocycles. The predicted molar refractivity (Wildman–Crippen MR) is 55.0 cm³/mol. The molecule has 0 bridgehead atoms. The molecule has 1 aromatic heterocycles. The monoisotopic (exact) mass is 206 g/mol. The summed E-state index contributed by atoms with van der Waals surface area (Å²) in [6.45, 7) is 2.34. The SMILES string of the molecule is C[C@@H](c1ccccn1)N1CC(O)CC1=O. The number of hydrogen-bond donors (Lipinski definition) is 1. The lowest BCUT2D eigenvalue weighted by Crippen LogP contribution is -2.29. The first-order valence-electron chi connectivity index (χ1n) is 5.07. The molecule has 0 saturated carbocycles. The van der Waals surface area contributed by atoms with Crippen molar-refractivity contribution in [2.45, 2.75) is 25.5 Å². The van der Waals surface area contributed by atoms with E-state index in [1.165, 1.54) is 0 Å². The highest BCUT2D eigenvalue weighted by atomic mass is 16.3. The van der Waals surface area contributed by atoms with Gasteiger partial charge >= 0.3 is 0 Å². The summed E-state index contributed by atoms with van der Waals surface area (Å²) in [6.07, 6.45) is 1.42. The molecule has 2 atom stereocenters. The normalized spacial score (nSPS) is 23.2. The van der Waals surface area contributed by atoms with Gasteiger partial charge in [0, 0.05) is 12.7 Å². The molecule has 0 aliphatic carbocycles. The third-order valence-corrected chi connectivity index (χ3v) is 2.72. The zero-order valence-electron chi connectivity index (χ0n) is 8.63. The molecule has 4 heteroatoms. The van der Waals surface area contributed by atoms with Crippen LogP contribution in [0.4, 0.5) is 0 Å². The Labute approximate surface area is 88.6 Å². The third-order valence-electron chi connectivity index (χ3n) is 2.72. The summed E-state index contributed by atoms with van der Waals surface area (Å²) >= 11 is 0. The molecule has 1 aliphatic rings. The van der Waals surface area contributed by atoms with E-state index in [1.807, 2.05) is 25.1 Å². The van der Waals surface area contributed by atoms with Crippen LogP contribution in [0.25, 0.3) is 0 Å². The van der Waals surface area contributed by atoms with Crippen molar-refractivity contribution in [3.8, 4) is 0 Å². The number of pyridine rings is 1. The summed E-state index contributed by atoms with van der Waals surface area (Å²) in [5, 5.41) is 9.38. The number of hydrogen-bond acceptors (Lipinski definition) is 3. The smallest absolute Gasteiger partial charge is 0.225 e. The molecule has 1 N–H and O–H groups in total. The Bertz CT molecular complexity index is 353. The quantitative estimate of drug-likeness (QED) is 0.776. The maximum absolute atomic E-state index is 11.5. The molecular formula is C11H14N2O2. The Morgan fingerprint density at radius 1 is 1.60 bits per heavy atom. The number of nitrogens with zero attached hydrogens (tertiary/aromatic N) is 2. The highest BCUT2D eigenvalue weighted by Crippen LogP contribution is 2.23. The van der Waals surface area contributed by atoms with E-state index >= 15 is 0 Å². The fourth-order valence-corrected chi connectivity index (χ4v) is 1.87. The molecule has 0 radical (unpaired) electrons. The van der Waals surface area contributed by atoms with Gasteiger partial charge in [-0.15, -0.1) is 0 Å². The second-order valence-electron chi connectivity index (χ2n) is 3.83. The average Bonchev–Trinajstić information content (AvgIpc) is 2.58. The third kappa shape index (κ3) is 1.99. The van der Waals surface area contributed by atoms with Crippen molar-refractivity contribution in [2.75, 3.05) is 6.54 Å². The Kier molecular flexibility index (Phi) is 2.68. The predicted octanol–water partition coefficient (Wildman–Crippen LogP) is 0.736. The summed E-state index contributed by atoms with van der Waals surface area (Å²) < 4.78 is 0. The minimum Gasteiger partial charge on any atom is -0.391 e. The minimum atomic E-state index is -0.524. The average molecular weight is 206 g/mol. The van der Waals surface area contributed by atoms with E-state index in [2.05, 4.69) is 4.98 Å². The van der Waals surface area contributed by atoms with Crippen molar-refractivity contribution in [1.82, 2.24) is 9.88 Å². The Morgan fingerprint density at radius 3 is 2.93 bits per heavy atom. The molecule has 80 valence electrons. The Morgan fingerprint density at radius 2 is 2.40 bits per heavy atom. The number of amides is 1. The molecule has 2 rings (SSSR count). The summed E-state index contributed by atoms with van der Waals surface area (Å²) in [6, 6.07) is 5.57. The van der Waals surface area contributed by atoms with Crippen LogP contribution in [0, 0.1) is 0 Å². The standard InChI is InChI=1S/C11H14N2O2/c1-8(10-4-2-3-5-12-10)13-7-9(14)6-11(13)15/h2-5,8-9,14H,6-7H2,1H3/t8-,9?/m0/s1. The van der Waals surface area contributed by atoms with Crippen molar-refractivity contribution in [2.24, 2.45) is 0 Å². The second kappa shape index (κ2) is 3.98. The van der Waals surface area contributed by atoms with Gasteiger partial charge in [-0.2, -0.15) is 0 Å². The molecule has 1 fully saturated rings. The van der Waals surface area contributed by atoms with E-state index in [0.717, 1.165) is 5.69 Å². The minimum absolute atomic E-state index is 0.000605. The van der Waals surface area contributed by atoms with Crippen LogP contribution in [0.15, 0.2) is 24.4 Å². The molecule has 15 heavy (non-hydrogen) atoms. The molecule has 1 amide bonds. The maximum atomic E-state index is 11.5. The van der Waals surface area contributed by atoms with Gasteiger partial charge in [-0.3, -0.25) is 9.78 Å². The van der Waals surface area contributed by atoms with Crippen LogP contribution in [0.1, 0.15) is 25.1 Å². The van der Waals surface area contributed by atoms with Crippen molar-refractivity contribution < 1.29 is 9.90 Å². The fourth-order valence-electron chi connectivity index (χ4n) is 1.87. The summed E-state index contributed by atoms with van der Waals surface area (Å²) in [4.78, 5) is 17.4. The first-order valence-corrected chi connectivity index (χ1v) is 5.07. The van der Waals surface area contributed by atoms with Gasteiger partial charge in [0.15, 0.2) is 0 Å². The van der Waals surface area contributed by atoms with E-state index in [4.69, 9.17) is 0 Å². The van der Waals surface area contributed by atoms with Crippen molar-refractivity contribution >= 4 is 5.91 Å². The molecule has 1 aliphatic heterocycles.